The molecule has 1 aliphatic heterocycles. The number of benzene rings is 1. The van der Waals surface area contributed by atoms with E-state index >= 15 is 0 Å². The fourth-order valence-electron chi connectivity index (χ4n) is 3.93. The topological polar surface area (TPSA) is 93.9 Å². The summed E-state index contributed by atoms with van der Waals surface area (Å²) in [6.07, 6.45) is -0.0317. The maximum absolute atomic E-state index is 13.1. The van der Waals surface area contributed by atoms with Gasteiger partial charge in [0.25, 0.3) is 11.7 Å². The van der Waals surface area contributed by atoms with Gasteiger partial charge in [0.15, 0.2) is 0 Å². The lowest BCUT2D eigenvalue weighted by Gasteiger charge is -2.25. The second-order valence-corrected chi connectivity index (χ2v) is 7.89. The van der Waals surface area contributed by atoms with Gasteiger partial charge in [-0.1, -0.05) is 12.1 Å². The van der Waals surface area contributed by atoms with Crippen LogP contribution < -0.4 is 4.74 Å². The number of aryl methyl sites for hydroxylation is 2. The number of amides is 1. The van der Waals surface area contributed by atoms with Crippen molar-refractivity contribution in [1.29, 1.82) is 0 Å². The minimum Gasteiger partial charge on any atom is -0.507 e. The van der Waals surface area contributed by atoms with Gasteiger partial charge in [0.05, 0.1) is 35.6 Å². The van der Waals surface area contributed by atoms with Crippen LogP contribution in [0, 0.1) is 13.8 Å². The molecule has 0 spiro atoms. The van der Waals surface area contributed by atoms with Crippen LogP contribution in [0.25, 0.3) is 5.76 Å². The molecule has 0 saturated carbocycles. The summed E-state index contributed by atoms with van der Waals surface area (Å²) in [6, 6.07) is 6.49. The van der Waals surface area contributed by atoms with Crippen LogP contribution in [0.3, 0.4) is 0 Å². The van der Waals surface area contributed by atoms with E-state index in [9.17, 15) is 14.7 Å². The molecular weight excluding hydrogens is 398 g/mol. The third kappa shape index (κ3) is 4.20. The third-order valence-corrected chi connectivity index (χ3v) is 5.37. The van der Waals surface area contributed by atoms with Crippen molar-refractivity contribution in [3.05, 3.63) is 52.4 Å². The lowest BCUT2D eigenvalue weighted by atomic mass is 9.94. The van der Waals surface area contributed by atoms with Crippen molar-refractivity contribution in [1.82, 2.24) is 14.7 Å². The Morgan fingerprint density at radius 1 is 1.26 bits per heavy atom. The van der Waals surface area contributed by atoms with E-state index in [1.807, 2.05) is 39.0 Å². The molecule has 1 aromatic heterocycles. The monoisotopic (exact) mass is 427 g/mol. The molecule has 1 aliphatic rings. The second-order valence-electron chi connectivity index (χ2n) is 7.89. The van der Waals surface area contributed by atoms with Gasteiger partial charge >= 0.3 is 0 Å². The van der Waals surface area contributed by atoms with Crippen molar-refractivity contribution < 1.29 is 24.2 Å². The number of rotatable bonds is 7. The first-order valence-electron chi connectivity index (χ1n) is 10.2. The normalized spacial score (nSPS) is 18.3. The van der Waals surface area contributed by atoms with E-state index in [0.29, 0.717) is 28.3 Å². The number of ketones is 1. The van der Waals surface area contributed by atoms with Crippen molar-refractivity contribution in [3.8, 4) is 5.75 Å². The summed E-state index contributed by atoms with van der Waals surface area (Å²) < 4.78 is 12.6. The quantitative estimate of drug-likeness (QED) is 0.415. The molecule has 31 heavy (non-hydrogen) atoms. The molecule has 2 heterocycles. The average molecular weight is 428 g/mol. The minimum absolute atomic E-state index is 0.0317. The zero-order chi connectivity index (χ0) is 22.9. The van der Waals surface area contributed by atoms with E-state index < -0.39 is 17.7 Å². The van der Waals surface area contributed by atoms with Crippen molar-refractivity contribution in [3.63, 3.8) is 0 Å². The number of carbonyl (C=O) groups is 2. The van der Waals surface area contributed by atoms with Crippen LogP contribution in [0.15, 0.2) is 29.8 Å². The first-order valence-corrected chi connectivity index (χ1v) is 10.2. The number of aromatic nitrogens is 2. The largest absolute Gasteiger partial charge is 0.507 e. The Bertz CT molecular complexity index is 1040. The minimum atomic E-state index is -0.759. The van der Waals surface area contributed by atoms with E-state index in [4.69, 9.17) is 9.47 Å². The molecular formula is C23H29N3O5. The van der Waals surface area contributed by atoms with Crippen molar-refractivity contribution in [2.75, 3.05) is 20.3 Å². The van der Waals surface area contributed by atoms with E-state index in [-0.39, 0.29) is 30.6 Å². The average Bonchev–Trinajstić information content (AvgIpc) is 3.11. The summed E-state index contributed by atoms with van der Waals surface area (Å²) in [5.74, 6) is -0.991. The molecule has 0 radical (unpaired) electrons. The van der Waals surface area contributed by atoms with Crippen LogP contribution >= 0.6 is 0 Å². The highest BCUT2D eigenvalue weighted by atomic mass is 16.5. The third-order valence-electron chi connectivity index (χ3n) is 5.37. The summed E-state index contributed by atoms with van der Waals surface area (Å²) in [4.78, 5) is 27.4. The highest BCUT2D eigenvalue weighted by Crippen LogP contribution is 2.41. The number of hydrogen-bond acceptors (Lipinski definition) is 6. The Labute approximate surface area is 182 Å². The Hall–Kier alpha value is -3.13. The van der Waals surface area contributed by atoms with Crippen LogP contribution in [0.1, 0.15) is 42.4 Å². The molecule has 0 bridgehead atoms. The number of hydrogen-bond donors (Lipinski definition) is 1. The number of ether oxygens (including phenoxy) is 2. The van der Waals surface area contributed by atoms with E-state index in [1.54, 1.807) is 24.7 Å². The number of nitrogens with zero attached hydrogens (tertiary/aromatic N) is 3. The number of Topliss-reactive ketones (excluding diaryl/α,β-unsaturated/α-hetero) is 1. The highest BCUT2D eigenvalue weighted by Gasteiger charge is 2.46. The Morgan fingerprint density at radius 2 is 1.97 bits per heavy atom. The molecule has 0 aliphatic carbocycles. The fourth-order valence-corrected chi connectivity index (χ4v) is 3.93. The number of methoxy groups -OCH3 is 1. The lowest BCUT2D eigenvalue weighted by Crippen LogP contribution is -2.32. The molecule has 1 fully saturated rings. The van der Waals surface area contributed by atoms with Crippen LogP contribution in [0.4, 0.5) is 0 Å². The van der Waals surface area contributed by atoms with Crippen LogP contribution in [0.2, 0.25) is 0 Å². The summed E-state index contributed by atoms with van der Waals surface area (Å²) in [5, 5.41) is 15.6. The van der Waals surface area contributed by atoms with Gasteiger partial charge in [0, 0.05) is 26.4 Å². The van der Waals surface area contributed by atoms with Crippen molar-refractivity contribution in [2.45, 2.75) is 39.8 Å². The van der Waals surface area contributed by atoms with Crippen LogP contribution in [-0.2, 0) is 21.4 Å². The summed E-state index contributed by atoms with van der Waals surface area (Å²) >= 11 is 0. The van der Waals surface area contributed by atoms with Gasteiger partial charge in [-0.15, -0.1) is 0 Å². The molecule has 1 saturated heterocycles. The number of carbonyl (C=O) groups excluding carboxylic acids is 2. The van der Waals surface area contributed by atoms with Gasteiger partial charge in [-0.3, -0.25) is 14.3 Å². The maximum Gasteiger partial charge on any atom is 0.295 e. The molecule has 1 amide bonds. The predicted octanol–water partition coefficient (Wildman–Crippen LogP) is 2.89. The fraction of sp³-hybridized carbons (Fsp3) is 0.435. The molecule has 1 aromatic carbocycles. The first kappa shape index (κ1) is 22.6. The molecule has 1 N–H and O–H groups in total. The van der Waals surface area contributed by atoms with E-state index in [1.165, 1.54) is 12.0 Å². The zero-order valence-electron chi connectivity index (χ0n) is 18.8. The summed E-state index contributed by atoms with van der Waals surface area (Å²) in [5.41, 5.74) is 2.47. The number of aliphatic hydroxyl groups excluding tert-OH is 1. The smallest absolute Gasteiger partial charge is 0.295 e. The summed E-state index contributed by atoms with van der Waals surface area (Å²) in [7, 11) is 3.30. The van der Waals surface area contributed by atoms with Crippen molar-refractivity contribution in [2.24, 2.45) is 7.05 Å². The molecule has 1 unspecified atom stereocenters. The van der Waals surface area contributed by atoms with Gasteiger partial charge in [0.2, 0.25) is 0 Å². The zero-order valence-corrected chi connectivity index (χ0v) is 18.8. The molecule has 2 aromatic rings. The van der Waals surface area contributed by atoms with E-state index in [2.05, 4.69) is 5.10 Å². The molecule has 8 nitrogen and oxygen atoms in total. The molecule has 8 heteroatoms. The predicted molar refractivity (Wildman–Crippen MR) is 116 cm³/mol. The lowest BCUT2D eigenvalue weighted by molar-refractivity contribution is -0.140. The maximum atomic E-state index is 13.1. The van der Waals surface area contributed by atoms with E-state index in [0.717, 1.165) is 0 Å². The van der Waals surface area contributed by atoms with Gasteiger partial charge in [-0.2, -0.15) is 5.10 Å². The highest BCUT2D eigenvalue weighted by molar-refractivity contribution is 6.46. The number of aliphatic hydroxyl groups is 1. The van der Waals surface area contributed by atoms with Gasteiger partial charge in [0.1, 0.15) is 11.5 Å². The Balaban J connectivity index is 2.20. The molecule has 3 rings (SSSR count). The van der Waals surface area contributed by atoms with Crippen molar-refractivity contribution >= 4 is 17.4 Å². The van der Waals surface area contributed by atoms with Gasteiger partial charge in [-0.05, 0) is 45.4 Å². The SMILES string of the molecule is COCCN1C(=O)C(=O)/C(=C(/O)c2c(C)nn(C)c2C)C1c1cccc(OC(C)C)c1. The van der Waals surface area contributed by atoms with Gasteiger partial charge in [-0.25, -0.2) is 0 Å². The van der Waals surface area contributed by atoms with Gasteiger partial charge < -0.3 is 19.5 Å². The first-order chi connectivity index (χ1) is 14.7. The standard InChI is InChI=1S/C23H29N3O5/c1-13(2)31-17-9-7-8-16(12-17)20-19(22(28)23(29)26(20)10-11-30-6)21(27)18-14(3)24-25(5)15(18)4/h7-9,12-13,20,27H,10-11H2,1-6H3/b21-19+. The Kier molecular flexibility index (Phi) is 6.50. The van der Waals surface area contributed by atoms with Crippen LogP contribution in [0.5, 0.6) is 5.75 Å². The van der Waals surface area contributed by atoms with Crippen LogP contribution in [-0.4, -0.2) is 57.8 Å². The summed E-state index contributed by atoms with van der Waals surface area (Å²) in [6.45, 7) is 7.88. The Morgan fingerprint density at radius 3 is 2.55 bits per heavy atom. The number of likely N-dealkylation sites (tertiary alicyclic amines) is 1. The second kappa shape index (κ2) is 8.93. The molecule has 166 valence electrons. The molecule has 1 atom stereocenters.